The largest absolute Gasteiger partial charge is 0.491 e. The maximum atomic E-state index is 11.0. The minimum atomic E-state index is -0.316. The average Bonchev–Trinajstić information content (AvgIpc) is 1.70. The summed E-state index contributed by atoms with van der Waals surface area (Å²) in [4.78, 5) is 0. The number of rotatable bonds is 71. The first-order chi connectivity index (χ1) is 60.8. The maximum Gasteiger partial charge on any atom is 0.134 e. The Bertz CT molecular complexity index is 3730. The van der Waals surface area contributed by atoms with Crippen molar-refractivity contribution in [3.05, 3.63) is 119 Å². The molecule has 33 nitrogen and oxygen atoms in total. The highest BCUT2D eigenvalue weighted by atomic mass is 16.6. The summed E-state index contributed by atoms with van der Waals surface area (Å²) < 4.78 is 143. The molecule has 3 aliphatic carbocycles. The molecular formula is C90H135N9O24. The van der Waals surface area contributed by atoms with Gasteiger partial charge in [0, 0.05) is 59.2 Å². The second-order valence-electron chi connectivity index (χ2n) is 30.6. The van der Waals surface area contributed by atoms with E-state index in [0.717, 1.165) is 43.6 Å². The van der Waals surface area contributed by atoms with Crippen LogP contribution in [0.1, 0.15) is 130 Å². The summed E-state index contributed by atoms with van der Waals surface area (Å²) in [5.41, 5.74) is 5.19. The van der Waals surface area contributed by atoms with Gasteiger partial charge in [-0.1, -0.05) is 73.4 Å². The molecule has 3 aromatic heterocycles. The smallest absolute Gasteiger partial charge is 0.134 e. The molecule has 10 rings (SSSR count). The number of nitrogens with zero attached hydrogens (tertiary/aromatic N) is 9. The molecule has 3 aliphatic rings. The lowest BCUT2D eigenvalue weighted by Crippen LogP contribution is -2.14. The van der Waals surface area contributed by atoms with Gasteiger partial charge in [-0.25, -0.2) is 0 Å². The first-order valence-corrected chi connectivity index (χ1v) is 44.1. The predicted octanol–water partition coefficient (Wildman–Crippen LogP) is 11.5. The van der Waals surface area contributed by atoms with Crippen molar-refractivity contribution in [2.24, 2.45) is 17.8 Å². The van der Waals surface area contributed by atoms with Crippen molar-refractivity contribution < 1.29 is 114 Å². The summed E-state index contributed by atoms with van der Waals surface area (Å²) >= 11 is 0. The van der Waals surface area contributed by atoms with Crippen LogP contribution in [0.3, 0.4) is 0 Å². The lowest BCUT2D eigenvalue weighted by atomic mass is 9.89. The summed E-state index contributed by atoms with van der Waals surface area (Å²) in [5, 5.41) is 38.1. The molecule has 0 aliphatic heterocycles. The second kappa shape index (κ2) is 60.6. The van der Waals surface area contributed by atoms with E-state index < -0.39 is 0 Å². The molecule has 0 atom stereocenters. The van der Waals surface area contributed by atoms with Crippen LogP contribution in [-0.2, 0) is 130 Å². The second-order valence-corrected chi connectivity index (χ2v) is 30.6. The third-order valence-electron chi connectivity index (χ3n) is 20.7. The van der Waals surface area contributed by atoms with Crippen LogP contribution < -0.4 is 37.9 Å². The molecule has 0 spiro atoms. The number of hydrogen-bond acceptors (Lipinski definition) is 30. The number of ether oxygens (including phenoxy) is 23. The van der Waals surface area contributed by atoms with E-state index in [4.69, 9.17) is 109 Å². The summed E-state index contributed by atoms with van der Waals surface area (Å²) in [6, 6.07) is 20.7. The number of hydrogen-bond donors (Lipinski definition) is 1. The van der Waals surface area contributed by atoms with E-state index >= 15 is 0 Å². The molecule has 123 heavy (non-hydrogen) atoms. The van der Waals surface area contributed by atoms with Crippen molar-refractivity contribution in [2.75, 3.05) is 220 Å². The van der Waals surface area contributed by atoms with Crippen molar-refractivity contribution in [2.45, 2.75) is 156 Å². The zero-order valence-corrected chi connectivity index (χ0v) is 72.9. The Balaban J connectivity index is 0.902. The zero-order chi connectivity index (χ0) is 85.3. The quantitative estimate of drug-likeness (QED) is 0.0346. The Morgan fingerprint density at radius 3 is 0.837 bits per heavy atom. The number of methoxy groups -OCH3 is 3. The highest BCUT2D eigenvalue weighted by Gasteiger charge is 2.23. The third kappa shape index (κ3) is 40.1. The highest BCUT2D eigenvalue weighted by Crippen LogP contribution is 2.44. The van der Waals surface area contributed by atoms with E-state index in [1.807, 2.05) is 93.3 Å². The first kappa shape index (κ1) is 97.3. The predicted molar refractivity (Wildman–Crippen MR) is 454 cm³/mol. The fourth-order valence-corrected chi connectivity index (χ4v) is 14.4. The lowest BCUT2D eigenvalue weighted by Gasteiger charge is -2.20. The van der Waals surface area contributed by atoms with Crippen LogP contribution in [0, 0.1) is 17.8 Å². The normalized spacial score (nSPS) is 14.2. The molecule has 0 radical (unpaired) electrons. The molecule has 3 heterocycles. The molecule has 0 unspecified atom stereocenters. The van der Waals surface area contributed by atoms with Crippen LogP contribution in [0.25, 0.3) is 11.1 Å². The van der Waals surface area contributed by atoms with E-state index in [-0.39, 0.29) is 66.1 Å². The van der Waals surface area contributed by atoms with Crippen molar-refractivity contribution in [1.29, 1.82) is 0 Å². The average molecular weight is 1730 g/mol. The van der Waals surface area contributed by atoms with Gasteiger partial charge < -0.3 is 114 Å². The van der Waals surface area contributed by atoms with Gasteiger partial charge in [0.25, 0.3) is 0 Å². The molecule has 0 saturated heterocycles. The van der Waals surface area contributed by atoms with Crippen LogP contribution >= 0.6 is 0 Å². The summed E-state index contributed by atoms with van der Waals surface area (Å²) in [6.07, 6.45) is 24.1. The van der Waals surface area contributed by atoms with Gasteiger partial charge in [0.1, 0.15) is 116 Å². The Hall–Kier alpha value is -7.94. The van der Waals surface area contributed by atoms with Crippen LogP contribution in [0.5, 0.6) is 46.0 Å². The molecule has 0 amide bonds. The van der Waals surface area contributed by atoms with E-state index in [1.54, 1.807) is 27.4 Å². The van der Waals surface area contributed by atoms with Gasteiger partial charge in [0.05, 0.1) is 209 Å². The number of aliphatic hydroxyl groups excluding tert-OH is 1. The molecule has 33 heteroatoms. The molecular weight excluding hydrogens is 1590 g/mol. The fraction of sp³-hybridized carbons (Fsp3) is 0.667. The van der Waals surface area contributed by atoms with Gasteiger partial charge in [0.2, 0.25) is 0 Å². The summed E-state index contributed by atoms with van der Waals surface area (Å²) in [5.74, 6) is 5.47. The monoisotopic (exact) mass is 1730 g/mol. The Kier molecular flexibility index (Phi) is 47.9. The van der Waals surface area contributed by atoms with Crippen molar-refractivity contribution in [3.63, 3.8) is 0 Å². The third-order valence-corrected chi connectivity index (χ3v) is 20.7. The molecule has 3 fully saturated rings. The number of aliphatic hydroxyl groups is 1. The standard InChI is InChI=1S/C90H135N9O24/c1-101-19-22-104-25-28-107-31-34-110-37-40-113-43-46-116-82-49-76(51-84(57-82)121-69-79-63-97(94-91-79)60-72-13-7-4-8-14-72)67-119-86-55-78(90-88(118-48-45-115-42-39-112-36-33-109-30-27-106-24-21-103-3)53-75(66-100)54-89(90)123-71-81-65-99(96-93-81)62-74-17-11-6-12-18-74)56-87(59-86)120-68-77-50-83(117-47-44-114-41-38-111-35-32-108-29-26-105-23-20-102-2)58-85(52-77)122-70-80-64-98(95-92-80)61-73-15-9-5-10-16-73/h49-59,63-65,72-74,100H,4-48,60-62,66-71H2,1-3H3. The Labute approximate surface area is 724 Å². The Morgan fingerprint density at radius 2 is 0.528 bits per heavy atom. The van der Waals surface area contributed by atoms with Gasteiger partial charge in [-0.05, 0) is 127 Å². The molecule has 0 bridgehead atoms. The van der Waals surface area contributed by atoms with Crippen LogP contribution in [0.15, 0.2) is 85.3 Å². The number of benzene rings is 4. The minimum Gasteiger partial charge on any atom is -0.491 e. The van der Waals surface area contributed by atoms with Gasteiger partial charge in [-0.15, -0.1) is 15.3 Å². The van der Waals surface area contributed by atoms with E-state index in [1.165, 1.54) is 83.5 Å². The summed E-state index contributed by atoms with van der Waals surface area (Å²) in [7, 11) is 4.92. The number of aromatic nitrogens is 9. The van der Waals surface area contributed by atoms with E-state index in [0.29, 0.717) is 269 Å². The minimum absolute atomic E-state index is 0.0457. The molecule has 7 aromatic rings. The van der Waals surface area contributed by atoms with Gasteiger partial charge >= 0.3 is 0 Å². The fourth-order valence-electron chi connectivity index (χ4n) is 14.4. The topological polar surface area (TPSA) is 325 Å². The van der Waals surface area contributed by atoms with Crippen LogP contribution in [-0.4, -0.2) is 270 Å². The highest BCUT2D eigenvalue weighted by molar-refractivity contribution is 5.79. The van der Waals surface area contributed by atoms with Crippen molar-refractivity contribution in [1.82, 2.24) is 45.0 Å². The van der Waals surface area contributed by atoms with E-state index in [9.17, 15) is 5.11 Å². The van der Waals surface area contributed by atoms with Crippen molar-refractivity contribution >= 4 is 0 Å². The van der Waals surface area contributed by atoms with Gasteiger partial charge in [0.15, 0.2) is 0 Å². The van der Waals surface area contributed by atoms with Crippen LogP contribution in [0.2, 0.25) is 0 Å². The molecule has 684 valence electrons. The lowest BCUT2D eigenvalue weighted by molar-refractivity contribution is -0.00979. The summed E-state index contributed by atoms with van der Waals surface area (Å²) in [6.45, 7) is 14.7. The van der Waals surface area contributed by atoms with Crippen LogP contribution in [0.4, 0.5) is 0 Å². The molecule has 3 saturated carbocycles. The molecule has 4 aromatic carbocycles. The maximum absolute atomic E-state index is 11.0. The first-order valence-electron chi connectivity index (χ1n) is 44.1. The van der Waals surface area contributed by atoms with Gasteiger partial charge in [-0.3, -0.25) is 14.0 Å². The molecule has 1 N–H and O–H groups in total. The zero-order valence-electron chi connectivity index (χ0n) is 72.9. The Morgan fingerprint density at radius 1 is 0.268 bits per heavy atom. The van der Waals surface area contributed by atoms with Gasteiger partial charge in [-0.2, -0.15) is 0 Å². The van der Waals surface area contributed by atoms with Crippen molar-refractivity contribution in [3.8, 4) is 57.1 Å². The van der Waals surface area contributed by atoms with E-state index in [2.05, 4.69) is 30.9 Å². The SMILES string of the molecule is COCCOCCOCCOCCOCCOc1cc(COc2cc(OCc3cc(OCCOCCOCCOCCOCCOC)cc(OCc4cn(CC5CCCCC5)nn4)c3)cc(-c3c(OCCOCCOCCOCCOCCOC)cc(CO)cc3OCc3cn(CC4CCCCC4)nn3)c2)cc(OCc2cn(CC3CCCCC3)nn2)c1.